The number of alkyl halides is 1. The van der Waals surface area contributed by atoms with Crippen LogP contribution in [0.3, 0.4) is 0 Å². The summed E-state index contributed by atoms with van der Waals surface area (Å²) in [6.07, 6.45) is -0.701. The molecular formula is C26H25ClN4O4S. The second kappa shape index (κ2) is 10.5. The van der Waals surface area contributed by atoms with E-state index < -0.39 is 17.5 Å². The minimum atomic E-state index is -0.701. The molecule has 2 aromatic carbocycles. The quantitative estimate of drug-likeness (QED) is 0.299. The molecular weight excluding hydrogens is 500 g/mol. The number of benzene rings is 2. The van der Waals surface area contributed by atoms with Crippen LogP contribution in [0, 0.1) is 0 Å². The van der Waals surface area contributed by atoms with Gasteiger partial charge in [-0.3, -0.25) is 9.59 Å². The lowest BCUT2D eigenvalue weighted by atomic mass is 9.94. The predicted molar refractivity (Wildman–Crippen MR) is 141 cm³/mol. The van der Waals surface area contributed by atoms with Gasteiger partial charge in [0.05, 0.1) is 22.4 Å². The average Bonchev–Trinajstić information content (AvgIpc) is 3.45. The lowest BCUT2D eigenvalue weighted by Crippen LogP contribution is -2.40. The lowest BCUT2D eigenvalue weighted by Gasteiger charge is -2.26. The number of carbonyl (C=O) groups excluding carboxylic acids is 3. The number of amides is 2. The molecule has 2 N–H and O–H groups in total. The van der Waals surface area contributed by atoms with Crippen molar-refractivity contribution in [2.24, 2.45) is 0 Å². The fourth-order valence-electron chi connectivity index (χ4n) is 3.62. The van der Waals surface area contributed by atoms with Gasteiger partial charge in [-0.25, -0.2) is 4.79 Å². The molecule has 0 spiro atoms. The molecule has 36 heavy (non-hydrogen) atoms. The molecule has 8 nitrogen and oxygen atoms in total. The first-order valence-corrected chi connectivity index (χ1v) is 12.6. The standard InChI is InChI=1S/C26H25ClN4O4S/c1-4-35-25(34)31-24-19(21(30-31)28-22(32)17-12-10-16(15-27)11-13-17)14-20(36-24)23(33)29-26(2,3)18-8-6-5-7-9-18/h5-14H,4,15H2,1-3H3,(H,29,33)(H,28,30,32). The number of thiophene rings is 1. The number of rotatable bonds is 7. The van der Waals surface area contributed by atoms with E-state index in [1.165, 1.54) is 0 Å². The number of fused-ring (bicyclic) bond motifs is 1. The van der Waals surface area contributed by atoms with E-state index in [0.29, 0.717) is 26.5 Å². The molecule has 0 aliphatic heterocycles. The fraction of sp³-hybridized carbons (Fsp3) is 0.231. The zero-order valence-corrected chi connectivity index (χ0v) is 21.6. The minimum absolute atomic E-state index is 0.152. The molecule has 0 aliphatic rings. The third-order valence-corrected chi connectivity index (χ3v) is 6.97. The van der Waals surface area contributed by atoms with Crippen molar-refractivity contribution in [3.8, 4) is 0 Å². The van der Waals surface area contributed by atoms with Crippen molar-refractivity contribution in [3.63, 3.8) is 0 Å². The zero-order valence-electron chi connectivity index (χ0n) is 20.0. The first kappa shape index (κ1) is 25.4. The number of hydrogen-bond acceptors (Lipinski definition) is 6. The van der Waals surface area contributed by atoms with Gasteiger partial charge in [0.2, 0.25) is 0 Å². The molecule has 0 saturated carbocycles. The number of nitrogens with zero attached hydrogens (tertiary/aromatic N) is 2. The fourth-order valence-corrected chi connectivity index (χ4v) is 4.79. The van der Waals surface area contributed by atoms with Crippen molar-refractivity contribution in [1.82, 2.24) is 15.1 Å². The third kappa shape index (κ3) is 5.27. The van der Waals surface area contributed by atoms with Gasteiger partial charge in [-0.1, -0.05) is 42.5 Å². The summed E-state index contributed by atoms with van der Waals surface area (Å²) in [4.78, 5) is 39.4. The van der Waals surface area contributed by atoms with Gasteiger partial charge in [0.15, 0.2) is 5.82 Å². The normalized spacial score (nSPS) is 11.3. The third-order valence-electron chi connectivity index (χ3n) is 5.55. The number of ether oxygens (including phenoxy) is 1. The smallest absolute Gasteiger partial charge is 0.436 e. The van der Waals surface area contributed by atoms with E-state index in [1.54, 1.807) is 37.3 Å². The van der Waals surface area contributed by atoms with E-state index in [4.69, 9.17) is 16.3 Å². The second-order valence-electron chi connectivity index (χ2n) is 8.52. The van der Waals surface area contributed by atoms with Crippen LogP contribution in [0.2, 0.25) is 0 Å². The van der Waals surface area contributed by atoms with Gasteiger partial charge in [-0.2, -0.15) is 4.68 Å². The molecule has 0 saturated heterocycles. The van der Waals surface area contributed by atoms with E-state index >= 15 is 0 Å². The van der Waals surface area contributed by atoms with Crippen LogP contribution < -0.4 is 10.6 Å². The number of halogens is 1. The topological polar surface area (TPSA) is 102 Å². The molecule has 0 bridgehead atoms. The molecule has 2 heterocycles. The van der Waals surface area contributed by atoms with Crippen molar-refractivity contribution in [1.29, 1.82) is 0 Å². The Morgan fingerprint density at radius 3 is 2.39 bits per heavy atom. The Balaban J connectivity index is 1.66. The van der Waals surface area contributed by atoms with Crippen LogP contribution in [0.1, 0.15) is 51.9 Å². The highest BCUT2D eigenvalue weighted by Crippen LogP contribution is 2.33. The van der Waals surface area contributed by atoms with Gasteiger partial charge in [0.1, 0.15) is 4.83 Å². The van der Waals surface area contributed by atoms with Crippen molar-refractivity contribution >= 4 is 56.9 Å². The second-order valence-corrected chi connectivity index (χ2v) is 9.82. The van der Waals surface area contributed by atoms with E-state index in [-0.39, 0.29) is 18.3 Å². The minimum Gasteiger partial charge on any atom is -0.448 e. The predicted octanol–water partition coefficient (Wildman–Crippen LogP) is 5.76. The molecule has 2 amide bonds. The first-order chi connectivity index (χ1) is 17.2. The van der Waals surface area contributed by atoms with E-state index in [9.17, 15) is 14.4 Å². The largest absolute Gasteiger partial charge is 0.448 e. The molecule has 0 unspecified atom stereocenters. The van der Waals surface area contributed by atoms with Crippen molar-refractivity contribution in [2.75, 3.05) is 11.9 Å². The summed E-state index contributed by atoms with van der Waals surface area (Å²) in [7, 11) is 0. The summed E-state index contributed by atoms with van der Waals surface area (Å²) in [5.74, 6) is -0.224. The van der Waals surface area contributed by atoms with Gasteiger partial charge in [-0.05, 0) is 50.1 Å². The maximum atomic E-state index is 13.2. The van der Waals surface area contributed by atoms with Crippen LogP contribution in [-0.2, 0) is 16.2 Å². The highest BCUT2D eigenvalue weighted by atomic mass is 35.5. The first-order valence-electron chi connectivity index (χ1n) is 11.3. The molecule has 4 aromatic rings. The van der Waals surface area contributed by atoms with Gasteiger partial charge < -0.3 is 15.4 Å². The number of nitrogens with one attached hydrogen (secondary N) is 2. The molecule has 2 aromatic heterocycles. The summed E-state index contributed by atoms with van der Waals surface area (Å²) in [5.41, 5.74) is 1.61. The molecule has 4 rings (SSSR count). The van der Waals surface area contributed by atoms with Crippen LogP contribution in [0.15, 0.2) is 60.7 Å². The lowest BCUT2D eigenvalue weighted by molar-refractivity contribution is 0.0915. The number of anilines is 1. The molecule has 186 valence electrons. The van der Waals surface area contributed by atoms with Gasteiger partial charge >= 0.3 is 6.09 Å². The zero-order chi connectivity index (χ0) is 25.9. The van der Waals surface area contributed by atoms with E-state index in [0.717, 1.165) is 27.1 Å². The Kier molecular flexibility index (Phi) is 7.42. The number of aromatic nitrogens is 2. The van der Waals surface area contributed by atoms with Crippen LogP contribution in [0.5, 0.6) is 0 Å². The van der Waals surface area contributed by atoms with Gasteiger partial charge in [-0.15, -0.1) is 28.0 Å². The monoisotopic (exact) mass is 524 g/mol. The highest BCUT2D eigenvalue weighted by Gasteiger charge is 2.27. The number of carbonyl (C=O) groups is 3. The molecule has 0 fully saturated rings. The molecule has 0 atom stereocenters. The van der Waals surface area contributed by atoms with Crippen molar-refractivity contribution in [2.45, 2.75) is 32.2 Å². The van der Waals surface area contributed by atoms with Gasteiger partial charge in [0, 0.05) is 11.4 Å². The Labute approximate surface area is 217 Å². The van der Waals surface area contributed by atoms with Crippen LogP contribution in [0.4, 0.5) is 10.6 Å². The van der Waals surface area contributed by atoms with Crippen molar-refractivity contribution in [3.05, 3.63) is 82.2 Å². The Morgan fingerprint density at radius 1 is 1.06 bits per heavy atom. The number of hydrogen-bond donors (Lipinski definition) is 2. The maximum Gasteiger partial charge on any atom is 0.436 e. The maximum absolute atomic E-state index is 13.2. The van der Waals surface area contributed by atoms with E-state index in [1.807, 2.05) is 44.2 Å². The molecule has 0 aliphatic carbocycles. The van der Waals surface area contributed by atoms with E-state index in [2.05, 4.69) is 15.7 Å². The summed E-state index contributed by atoms with van der Waals surface area (Å²) < 4.78 is 6.18. The molecule has 10 heteroatoms. The summed E-state index contributed by atoms with van der Waals surface area (Å²) in [6.45, 7) is 5.66. The Hall–Kier alpha value is -3.69. The summed E-state index contributed by atoms with van der Waals surface area (Å²) >= 11 is 6.92. The summed E-state index contributed by atoms with van der Waals surface area (Å²) in [5, 5.41) is 10.5. The average molecular weight is 525 g/mol. The highest BCUT2D eigenvalue weighted by molar-refractivity contribution is 7.20. The summed E-state index contributed by atoms with van der Waals surface area (Å²) in [6, 6.07) is 18.1. The van der Waals surface area contributed by atoms with Crippen LogP contribution in [0.25, 0.3) is 10.2 Å². The molecule has 0 radical (unpaired) electrons. The van der Waals surface area contributed by atoms with Crippen molar-refractivity contribution < 1.29 is 19.1 Å². The Bertz CT molecular complexity index is 1410. The van der Waals surface area contributed by atoms with Gasteiger partial charge in [0.25, 0.3) is 11.8 Å². The van der Waals surface area contributed by atoms with Crippen LogP contribution in [-0.4, -0.2) is 34.3 Å². The SMILES string of the molecule is CCOC(=O)n1nc(NC(=O)c2ccc(CCl)cc2)c2cc(C(=O)NC(C)(C)c3ccccc3)sc21. The van der Waals surface area contributed by atoms with Crippen LogP contribution >= 0.6 is 22.9 Å². The Morgan fingerprint density at radius 2 is 1.75 bits per heavy atom.